The Bertz CT molecular complexity index is 556. The number of hydrazine groups is 1. The first kappa shape index (κ1) is 13.8. The van der Waals surface area contributed by atoms with Crippen LogP contribution in [0, 0.1) is 0 Å². The van der Waals surface area contributed by atoms with Gasteiger partial charge in [0.15, 0.2) is 0 Å². The number of nitrogens with one attached hydrogen (secondary N) is 1. The highest BCUT2D eigenvalue weighted by Crippen LogP contribution is 2.17. The molecule has 1 heterocycles. The number of nitrogens with zero attached hydrogens (tertiary/aromatic N) is 1. The van der Waals surface area contributed by atoms with Crippen LogP contribution in [0.25, 0.3) is 0 Å². The Morgan fingerprint density at radius 1 is 1.42 bits per heavy atom. The number of carbonyl (C=O) groups excluding carboxylic acids is 1. The van der Waals surface area contributed by atoms with Gasteiger partial charge in [-0.2, -0.15) is 0 Å². The van der Waals surface area contributed by atoms with Gasteiger partial charge >= 0.3 is 0 Å². The number of carbonyl (C=O) groups is 1. The Balaban J connectivity index is 1.84. The number of halogens is 1. The summed E-state index contributed by atoms with van der Waals surface area (Å²) < 4.78 is 5.54. The Morgan fingerprint density at radius 2 is 2.16 bits per heavy atom. The molecule has 0 saturated carbocycles. The fourth-order valence-corrected chi connectivity index (χ4v) is 2.32. The monoisotopic (exact) mass is 297 g/mol. The molecule has 100 valence electrons. The van der Waals surface area contributed by atoms with E-state index in [0.717, 1.165) is 10.8 Å². The van der Waals surface area contributed by atoms with E-state index in [2.05, 4.69) is 10.4 Å². The van der Waals surface area contributed by atoms with Crippen LogP contribution in [0.5, 0.6) is 5.75 Å². The van der Waals surface area contributed by atoms with Gasteiger partial charge in [0.2, 0.25) is 0 Å². The number of nitrogen functional groups attached to an aromatic ring is 1. The molecule has 2 aromatic rings. The Morgan fingerprint density at radius 3 is 2.84 bits per heavy atom. The van der Waals surface area contributed by atoms with Gasteiger partial charge in [-0.3, -0.25) is 10.2 Å². The molecule has 19 heavy (non-hydrogen) atoms. The quantitative estimate of drug-likeness (QED) is 0.503. The number of hydrogen-bond acceptors (Lipinski definition) is 5. The molecule has 1 aromatic carbocycles. The summed E-state index contributed by atoms with van der Waals surface area (Å²) in [6, 6.07) is 7.14. The lowest BCUT2D eigenvalue weighted by Crippen LogP contribution is -2.29. The van der Waals surface area contributed by atoms with E-state index >= 15 is 0 Å². The van der Waals surface area contributed by atoms with Crippen molar-refractivity contribution in [1.29, 1.82) is 0 Å². The molecule has 0 saturated heterocycles. The summed E-state index contributed by atoms with van der Waals surface area (Å²) in [4.78, 5) is 15.9. The van der Waals surface area contributed by atoms with Gasteiger partial charge < -0.3 is 4.74 Å². The minimum atomic E-state index is -0.331. The van der Waals surface area contributed by atoms with Crippen molar-refractivity contribution in [3.63, 3.8) is 0 Å². The average molecular weight is 298 g/mol. The molecule has 1 aromatic heterocycles. The standard InChI is InChI=1S/C12H12ClN3O2S/c13-8-1-3-9(4-2-8)18-6-5-11-15-7-10(19-11)12(17)16-14/h1-4,7H,5-6,14H2,(H,16,17). The zero-order chi connectivity index (χ0) is 13.7. The first-order valence-corrected chi connectivity index (χ1v) is 6.72. The minimum Gasteiger partial charge on any atom is -0.493 e. The SMILES string of the molecule is NNC(=O)c1cnc(CCOc2ccc(Cl)cc2)s1. The number of ether oxygens (including phenoxy) is 1. The molecular formula is C12H12ClN3O2S. The van der Waals surface area contributed by atoms with Gasteiger partial charge in [-0.05, 0) is 24.3 Å². The van der Waals surface area contributed by atoms with Crippen LogP contribution in [0.1, 0.15) is 14.7 Å². The van der Waals surface area contributed by atoms with E-state index in [1.54, 1.807) is 24.3 Å². The van der Waals surface area contributed by atoms with Crippen LogP contribution < -0.4 is 16.0 Å². The van der Waals surface area contributed by atoms with E-state index in [4.69, 9.17) is 22.2 Å². The molecule has 2 rings (SSSR count). The van der Waals surface area contributed by atoms with Gasteiger partial charge in [-0.15, -0.1) is 11.3 Å². The van der Waals surface area contributed by atoms with Crippen LogP contribution in [0.2, 0.25) is 5.02 Å². The van der Waals surface area contributed by atoms with Crippen molar-refractivity contribution in [3.8, 4) is 5.75 Å². The lowest BCUT2D eigenvalue weighted by atomic mass is 10.3. The largest absolute Gasteiger partial charge is 0.493 e. The molecule has 1 amide bonds. The van der Waals surface area contributed by atoms with Crippen molar-refractivity contribution in [2.75, 3.05) is 6.61 Å². The molecule has 0 atom stereocenters. The molecule has 0 aliphatic rings. The van der Waals surface area contributed by atoms with Gasteiger partial charge in [-0.1, -0.05) is 11.6 Å². The summed E-state index contributed by atoms with van der Waals surface area (Å²) in [5.74, 6) is 5.47. The summed E-state index contributed by atoms with van der Waals surface area (Å²) in [6.45, 7) is 0.485. The second-order valence-corrected chi connectivity index (χ2v) is 5.20. The third kappa shape index (κ3) is 3.92. The zero-order valence-electron chi connectivity index (χ0n) is 9.93. The maximum atomic E-state index is 11.2. The first-order chi connectivity index (χ1) is 9.19. The third-order valence-electron chi connectivity index (χ3n) is 2.31. The first-order valence-electron chi connectivity index (χ1n) is 5.53. The van der Waals surface area contributed by atoms with E-state index < -0.39 is 0 Å². The molecule has 7 heteroatoms. The highest BCUT2D eigenvalue weighted by molar-refractivity contribution is 7.13. The van der Waals surface area contributed by atoms with Crippen molar-refractivity contribution in [2.24, 2.45) is 5.84 Å². The zero-order valence-corrected chi connectivity index (χ0v) is 11.5. The number of amides is 1. The van der Waals surface area contributed by atoms with Crippen LogP contribution in [0.3, 0.4) is 0 Å². The fourth-order valence-electron chi connectivity index (χ4n) is 1.39. The number of hydrogen-bond donors (Lipinski definition) is 2. The minimum absolute atomic E-state index is 0.331. The number of aromatic nitrogens is 1. The predicted molar refractivity (Wildman–Crippen MR) is 74.4 cm³/mol. The summed E-state index contributed by atoms with van der Waals surface area (Å²) in [7, 11) is 0. The molecule has 0 fully saturated rings. The second-order valence-electron chi connectivity index (χ2n) is 3.64. The van der Waals surface area contributed by atoms with Gasteiger partial charge in [0.05, 0.1) is 17.8 Å². The van der Waals surface area contributed by atoms with E-state index in [1.807, 2.05) is 0 Å². The molecule has 0 bridgehead atoms. The van der Waals surface area contributed by atoms with Crippen molar-refractivity contribution in [2.45, 2.75) is 6.42 Å². The highest BCUT2D eigenvalue weighted by atomic mass is 35.5. The van der Waals surface area contributed by atoms with Crippen LogP contribution in [0.4, 0.5) is 0 Å². The van der Waals surface area contributed by atoms with Crippen LogP contribution >= 0.6 is 22.9 Å². The molecule has 5 nitrogen and oxygen atoms in total. The highest BCUT2D eigenvalue weighted by Gasteiger charge is 2.08. The number of nitrogens with two attached hydrogens (primary N) is 1. The molecular weight excluding hydrogens is 286 g/mol. The van der Waals surface area contributed by atoms with Crippen molar-refractivity contribution >= 4 is 28.8 Å². The predicted octanol–water partition coefficient (Wildman–Crippen LogP) is 2.02. The Labute approximate surface area is 119 Å². The second kappa shape index (κ2) is 6.51. The average Bonchev–Trinajstić information content (AvgIpc) is 2.89. The molecule has 0 aliphatic heterocycles. The summed E-state index contributed by atoms with van der Waals surface area (Å²) >= 11 is 7.07. The summed E-state index contributed by atoms with van der Waals surface area (Å²) in [5, 5.41) is 1.50. The number of thiazole rings is 1. The van der Waals surface area contributed by atoms with Crippen LogP contribution in [0.15, 0.2) is 30.5 Å². The molecule has 3 N–H and O–H groups in total. The summed E-state index contributed by atoms with van der Waals surface area (Å²) in [6.07, 6.45) is 2.13. The lowest BCUT2D eigenvalue weighted by Gasteiger charge is -2.04. The molecule has 0 spiro atoms. The topological polar surface area (TPSA) is 77.2 Å². The van der Waals surface area contributed by atoms with E-state index in [9.17, 15) is 4.79 Å². The van der Waals surface area contributed by atoms with Crippen molar-refractivity contribution in [3.05, 3.63) is 45.4 Å². The van der Waals surface area contributed by atoms with E-state index in [-0.39, 0.29) is 5.91 Å². The van der Waals surface area contributed by atoms with Gasteiger partial charge in [0, 0.05) is 11.4 Å². The molecule has 0 radical (unpaired) electrons. The van der Waals surface area contributed by atoms with E-state index in [1.165, 1.54) is 17.5 Å². The normalized spacial score (nSPS) is 10.2. The third-order valence-corrected chi connectivity index (χ3v) is 3.61. The Hall–Kier alpha value is -1.63. The van der Waals surface area contributed by atoms with Crippen molar-refractivity contribution < 1.29 is 9.53 Å². The molecule has 0 unspecified atom stereocenters. The Kier molecular flexibility index (Phi) is 4.73. The van der Waals surface area contributed by atoms with E-state index in [0.29, 0.717) is 22.9 Å². The number of benzene rings is 1. The van der Waals surface area contributed by atoms with Crippen LogP contribution in [-0.2, 0) is 6.42 Å². The smallest absolute Gasteiger partial charge is 0.276 e. The maximum Gasteiger partial charge on any atom is 0.276 e. The fraction of sp³-hybridized carbons (Fsp3) is 0.167. The van der Waals surface area contributed by atoms with Crippen LogP contribution in [-0.4, -0.2) is 17.5 Å². The lowest BCUT2D eigenvalue weighted by molar-refractivity contribution is 0.0957. The maximum absolute atomic E-state index is 11.2. The summed E-state index contributed by atoms with van der Waals surface area (Å²) in [5.41, 5.74) is 2.07. The number of rotatable bonds is 5. The molecule has 0 aliphatic carbocycles. The van der Waals surface area contributed by atoms with Crippen molar-refractivity contribution in [1.82, 2.24) is 10.4 Å². The van der Waals surface area contributed by atoms with Gasteiger partial charge in [0.1, 0.15) is 10.6 Å². The van der Waals surface area contributed by atoms with Gasteiger partial charge in [0.25, 0.3) is 5.91 Å². The van der Waals surface area contributed by atoms with Gasteiger partial charge in [-0.25, -0.2) is 10.8 Å².